The Bertz CT molecular complexity index is 689. The first-order valence-corrected chi connectivity index (χ1v) is 6.02. The van der Waals surface area contributed by atoms with Crippen LogP contribution >= 0.6 is 0 Å². The molecule has 0 spiro atoms. The number of amides is 1. The summed E-state index contributed by atoms with van der Waals surface area (Å²) >= 11 is 0. The van der Waals surface area contributed by atoms with E-state index >= 15 is 0 Å². The Labute approximate surface area is 116 Å². The molecule has 100 valence electrons. The number of carbonyl (C=O) groups excluding carboxylic acids is 1. The fourth-order valence-corrected chi connectivity index (χ4v) is 1.81. The zero-order valence-corrected chi connectivity index (χ0v) is 10.8. The Balaban J connectivity index is 2.16. The molecule has 0 heterocycles. The summed E-state index contributed by atoms with van der Waals surface area (Å²) in [6.45, 7) is 0.502. The van der Waals surface area contributed by atoms with Gasteiger partial charge < -0.3 is 16.8 Å². The van der Waals surface area contributed by atoms with Crippen LogP contribution in [0.15, 0.2) is 42.5 Å². The maximum absolute atomic E-state index is 11.1. The molecule has 0 bridgehead atoms. The second-order valence-corrected chi connectivity index (χ2v) is 4.33. The SMILES string of the molecule is N#Cc1cccc(CNc2cc(C(N)=O)ccc2N)c1. The van der Waals surface area contributed by atoms with Crippen molar-refractivity contribution in [2.45, 2.75) is 6.54 Å². The van der Waals surface area contributed by atoms with Crippen molar-refractivity contribution in [2.24, 2.45) is 5.73 Å². The van der Waals surface area contributed by atoms with E-state index in [9.17, 15) is 4.79 Å². The Hall–Kier alpha value is -3.00. The molecule has 20 heavy (non-hydrogen) atoms. The van der Waals surface area contributed by atoms with Crippen LogP contribution in [0.2, 0.25) is 0 Å². The van der Waals surface area contributed by atoms with Crippen molar-refractivity contribution < 1.29 is 4.79 Å². The molecule has 5 heteroatoms. The van der Waals surface area contributed by atoms with Crippen LogP contribution in [0.4, 0.5) is 11.4 Å². The highest BCUT2D eigenvalue weighted by atomic mass is 16.1. The zero-order chi connectivity index (χ0) is 14.5. The highest BCUT2D eigenvalue weighted by molar-refractivity contribution is 5.94. The number of nitrogens with two attached hydrogens (primary N) is 2. The summed E-state index contributed by atoms with van der Waals surface area (Å²) < 4.78 is 0. The van der Waals surface area contributed by atoms with Gasteiger partial charge in [-0.1, -0.05) is 12.1 Å². The van der Waals surface area contributed by atoms with Crippen molar-refractivity contribution in [3.8, 4) is 6.07 Å². The van der Waals surface area contributed by atoms with Gasteiger partial charge in [-0.3, -0.25) is 4.79 Å². The Kier molecular flexibility index (Phi) is 3.87. The molecule has 1 amide bonds. The molecular weight excluding hydrogens is 252 g/mol. The largest absolute Gasteiger partial charge is 0.397 e. The van der Waals surface area contributed by atoms with Crippen molar-refractivity contribution in [3.05, 3.63) is 59.2 Å². The highest BCUT2D eigenvalue weighted by Crippen LogP contribution is 2.20. The molecule has 0 atom stereocenters. The van der Waals surface area contributed by atoms with Gasteiger partial charge in [-0.05, 0) is 35.9 Å². The molecular formula is C15H14N4O. The number of rotatable bonds is 4. The van der Waals surface area contributed by atoms with E-state index in [1.807, 2.05) is 12.1 Å². The predicted octanol–water partition coefficient (Wildman–Crippen LogP) is 1.85. The van der Waals surface area contributed by atoms with Crippen LogP contribution < -0.4 is 16.8 Å². The summed E-state index contributed by atoms with van der Waals surface area (Å²) in [4.78, 5) is 11.1. The third-order valence-corrected chi connectivity index (χ3v) is 2.88. The minimum atomic E-state index is -0.500. The fraction of sp³-hybridized carbons (Fsp3) is 0.0667. The molecule has 0 aromatic heterocycles. The summed E-state index contributed by atoms with van der Waals surface area (Å²) in [7, 11) is 0. The monoisotopic (exact) mass is 266 g/mol. The quantitative estimate of drug-likeness (QED) is 0.734. The van der Waals surface area contributed by atoms with Gasteiger partial charge >= 0.3 is 0 Å². The van der Waals surface area contributed by atoms with E-state index in [4.69, 9.17) is 16.7 Å². The average Bonchev–Trinajstić information content (AvgIpc) is 2.46. The standard InChI is InChI=1S/C15H14N4O/c16-8-10-2-1-3-11(6-10)9-19-14-7-12(15(18)20)4-5-13(14)17/h1-7,19H,9,17H2,(H2,18,20). The molecule has 0 saturated heterocycles. The summed E-state index contributed by atoms with van der Waals surface area (Å²) in [6.07, 6.45) is 0. The molecule has 0 fully saturated rings. The third kappa shape index (κ3) is 3.06. The lowest BCUT2D eigenvalue weighted by Crippen LogP contribution is -2.12. The van der Waals surface area contributed by atoms with Crippen LogP contribution in [0, 0.1) is 11.3 Å². The molecule has 2 rings (SSSR count). The Morgan fingerprint density at radius 3 is 2.75 bits per heavy atom. The topological polar surface area (TPSA) is 105 Å². The summed E-state index contributed by atoms with van der Waals surface area (Å²) in [6, 6.07) is 14.2. The molecule has 5 N–H and O–H groups in total. The van der Waals surface area contributed by atoms with Crippen LogP contribution in [-0.2, 0) is 6.54 Å². The third-order valence-electron chi connectivity index (χ3n) is 2.88. The van der Waals surface area contributed by atoms with E-state index in [0.717, 1.165) is 5.56 Å². The summed E-state index contributed by atoms with van der Waals surface area (Å²) in [5.41, 5.74) is 14.2. The van der Waals surface area contributed by atoms with Crippen LogP contribution in [0.3, 0.4) is 0 Å². The Morgan fingerprint density at radius 2 is 2.05 bits per heavy atom. The number of hydrogen-bond donors (Lipinski definition) is 3. The van der Waals surface area contributed by atoms with E-state index in [1.165, 1.54) is 0 Å². The van der Waals surface area contributed by atoms with Gasteiger partial charge in [0.05, 0.1) is 23.0 Å². The van der Waals surface area contributed by atoms with Crippen LogP contribution in [0.25, 0.3) is 0 Å². The first-order valence-electron chi connectivity index (χ1n) is 6.02. The van der Waals surface area contributed by atoms with E-state index in [-0.39, 0.29) is 0 Å². The minimum absolute atomic E-state index is 0.396. The smallest absolute Gasteiger partial charge is 0.248 e. The van der Waals surface area contributed by atoms with Gasteiger partial charge in [0.15, 0.2) is 0 Å². The molecule has 0 aliphatic rings. The van der Waals surface area contributed by atoms with E-state index in [2.05, 4.69) is 11.4 Å². The van der Waals surface area contributed by atoms with Crippen molar-refractivity contribution in [3.63, 3.8) is 0 Å². The zero-order valence-electron chi connectivity index (χ0n) is 10.8. The van der Waals surface area contributed by atoms with Gasteiger partial charge in [0, 0.05) is 12.1 Å². The molecule has 5 nitrogen and oxygen atoms in total. The second-order valence-electron chi connectivity index (χ2n) is 4.33. The lowest BCUT2D eigenvalue weighted by atomic mass is 10.1. The maximum atomic E-state index is 11.1. The summed E-state index contributed by atoms with van der Waals surface area (Å²) in [5, 5.41) is 12.0. The number of anilines is 2. The molecule has 0 saturated carbocycles. The molecule has 2 aromatic carbocycles. The number of hydrogen-bond acceptors (Lipinski definition) is 4. The van der Waals surface area contributed by atoms with Gasteiger partial charge in [-0.2, -0.15) is 5.26 Å². The van der Waals surface area contributed by atoms with Crippen molar-refractivity contribution in [1.29, 1.82) is 5.26 Å². The lowest BCUT2D eigenvalue weighted by Gasteiger charge is -2.10. The van der Waals surface area contributed by atoms with Crippen LogP contribution in [0.5, 0.6) is 0 Å². The lowest BCUT2D eigenvalue weighted by molar-refractivity contribution is 0.100. The van der Waals surface area contributed by atoms with Gasteiger partial charge in [0.25, 0.3) is 0 Å². The first kappa shape index (κ1) is 13.4. The van der Waals surface area contributed by atoms with Gasteiger partial charge in [-0.15, -0.1) is 0 Å². The van der Waals surface area contributed by atoms with Crippen LogP contribution in [0.1, 0.15) is 21.5 Å². The highest BCUT2D eigenvalue weighted by Gasteiger charge is 2.05. The minimum Gasteiger partial charge on any atom is -0.397 e. The normalized spacial score (nSPS) is 9.75. The first-order chi connectivity index (χ1) is 9.60. The number of benzene rings is 2. The number of nitriles is 1. The van der Waals surface area contributed by atoms with E-state index in [1.54, 1.807) is 30.3 Å². The molecule has 0 unspecified atom stereocenters. The van der Waals surface area contributed by atoms with Crippen molar-refractivity contribution in [2.75, 3.05) is 11.1 Å². The number of primary amides is 1. The average molecular weight is 266 g/mol. The van der Waals surface area contributed by atoms with Crippen molar-refractivity contribution >= 4 is 17.3 Å². The molecule has 0 aliphatic heterocycles. The fourth-order valence-electron chi connectivity index (χ4n) is 1.81. The molecule has 0 aliphatic carbocycles. The number of nitrogens with zero attached hydrogens (tertiary/aromatic N) is 1. The molecule has 2 aromatic rings. The predicted molar refractivity (Wildman–Crippen MR) is 77.9 cm³/mol. The molecule has 0 radical (unpaired) electrons. The summed E-state index contributed by atoms with van der Waals surface area (Å²) in [5.74, 6) is -0.500. The van der Waals surface area contributed by atoms with Gasteiger partial charge in [0.1, 0.15) is 0 Å². The second kappa shape index (κ2) is 5.76. The number of nitrogens with one attached hydrogen (secondary N) is 1. The van der Waals surface area contributed by atoms with Gasteiger partial charge in [0.2, 0.25) is 5.91 Å². The van der Waals surface area contributed by atoms with Crippen LogP contribution in [-0.4, -0.2) is 5.91 Å². The van der Waals surface area contributed by atoms with E-state index < -0.39 is 5.91 Å². The Morgan fingerprint density at radius 1 is 1.25 bits per heavy atom. The van der Waals surface area contributed by atoms with Crippen molar-refractivity contribution in [1.82, 2.24) is 0 Å². The number of carbonyl (C=O) groups is 1. The maximum Gasteiger partial charge on any atom is 0.248 e. The van der Waals surface area contributed by atoms with E-state index in [0.29, 0.717) is 29.0 Å². The number of nitrogen functional groups attached to an aromatic ring is 1. The van der Waals surface area contributed by atoms with Gasteiger partial charge in [-0.25, -0.2) is 0 Å².